The summed E-state index contributed by atoms with van der Waals surface area (Å²) in [4.78, 5) is 12.4. The van der Waals surface area contributed by atoms with Gasteiger partial charge in [0.05, 0.1) is 13.0 Å². The monoisotopic (exact) mass is 339 g/mol. The molecular formula is C22H29NO2. The third-order valence-corrected chi connectivity index (χ3v) is 4.26. The molecule has 25 heavy (non-hydrogen) atoms. The van der Waals surface area contributed by atoms with E-state index in [9.17, 15) is 4.79 Å². The molecule has 1 amide bonds. The fourth-order valence-corrected chi connectivity index (χ4v) is 2.79. The first-order chi connectivity index (χ1) is 11.9. The van der Waals surface area contributed by atoms with Gasteiger partial charge in [0.2, 0.25) is 5.91 Å². The van der Waals surface area contributed by atoms with Crippen molar-refractivity contribution < 1.29 is 9.53 Å². The number of aryl methyl sites for hydroxylation is 1. The molecule has 2 aromatic carbocycles. The average molecular weight is 339 g/mol. The van der Waals surface area contributed by atoms with Crippen molar-refractivity contribution >= 4 is 11.6 Å². The van der Waals surface area contributed by atoms with Crippen LogP contribution < -0.4 is 10.1 Å². The van der Waals surface area contributed by atoms with E-state index in [-0.39, 0.29) is 5.91 Å². The normalized spacial score (nSPS) is 11.0. The Labute approximate surface area is 151 Å². The van der Waals surface area contributed by atoms with Crippen molar-refractivity contribution in [2.45, 2.75) is 52.9 Å². The molecule has 2 rings (SSSR count). The Kier molecular flexibility index (Phi) is 6.63. The second-order valence-electron chi connectivity index (χ2n) is 7.08. The maximum absolute atomic E-state index is 12.4. The minimum Gasteiger partial charge on any atom is -0.493 e. The molecule has 0 aliphatic heterocycles. The predicted octanol–water partition coefficient (Wildman–Crippen LogP) is 5.65. The quantitative estimate of drug-likeness (QED) is 0.708. The molecule has 0 heterocycles. The number of carbonyl (C=O) groups is 1. The van der Waals surface area contributed by atoms with Crippen molar-refractivity contribution in [1.82, 2.24) is 0 Å². The molecule has 0 saturated heterocycles. The van der Waals surface area contributed by atoms with Crippen LogP contribution in [0, 0.1) is 6.92 Å². The SMILES string of the molecule is Cc1ccc(OCCC(=O)Nc2c(C(C)C)cccc2C(C)C)cc1. The third-order valence-electron chi connectivity index (χ3n) is 4.26. The van der Waals surface area contributed by atoms with Crippen molar-refractivity contribution in [3.8, 4) is 5.75 Å². The number of benzene rings is 2. The molecule has 0 radical (unpaired) electrons. The Morgan fingerprint density at radius 3 is 2.04 bits per heavy atom. The number of nitrogens with one attached hydrogen (secondary N) is 1. The minimum absolute atomic E-state index is 0.0119. The summed E-state index contributed by atoms with van der Waals surface area (Å²) in [6.45, 7) is 11.0. The van der Waals surface area contributed by atoms with E-state index >= 15 is 0 Å². The highest BCUT2D eigenvalue weighted by Crippen LogP contribution is 2.32. The van der Waals surface area contributed by atoms with E-state index in [4.69, 9.17) is 4.74 Å². The van der Waals surface area contributed by atoms with Crippen LogP contribution >= 0.6 is 0 Å². The predicted molar refractivity (Wildman–Crippen MR) is 105 cm³/mol. The standard InChI is InChI=1S/C22H29NO2/c1-15(2)19-7-6-8-20(16(3)4)22(19)23-21(24)13-14-25-18-11-9-17(5)10-12-18/h6-12,15-16H,13-14H2,1-5H3,(H,23,24). The minimum atomic E-state index is -0.0119. The first kappa shape index (κ1) is 19.0. The fourth-order valence-electron chi connectivity index (χ4n) is 2.79. The van der Waals surface area contributed by atoms with Crippen LogP contribution in [0.4, 0.5) is 5.69 Å². The zero-order valence-electron chi connectivity index (χ0n) is 15.9. The van der Waals surface area contributed by atoms with Crippen molar-refractivity contribution in [3.63, 3.8) is 0 Å². The molecule has 1 N–H and O–H groups in total. The van der Waals surface area contributed by atoms with Gasteiger partial charge in [0.15, 0.2) is 0 Å². The number of hydrogen-bond acceptors (Lipinski definition) is 2. The highest BCUT2D eigenvalue weighted by molar-refractivity contribution is 5.92. The highest BCUT2D eigenvalue weighted by atomic mass is 16.5. The number of amides is 1. The van der Waals surface area contributed by atoms with E-state index in [1.54, 1.807) is 0 Å². The second-order valence-corrected chi connectivity index (χ2v) is 7.08. The molecule has 134 valence electrons. The van der Waals surface area contributed by atoms with Gasteiger partial charge in [-0.05, 0) is 42.0 Å². The molecular weight excluding hydrogens is 310 g/mol. The Hall–Kier alpha value is -2.29. The molecule has 0 unspecified atom stereocenters. The molecule has 0 aliphatic rings. The second kappa shape index (κ2) is 8.70. The molecule has 0 aliphatic carbocycles. The zero-order valence-corrected chi connectivity index (χ0v) is 15.9. The van der Waals surface area contributed by atoms with E-state index in [0.29, 0.717) is 24.9 Å². The van der Waals surface area contributed by atoms with Gasteiger partial charge in [-0.2, -0.15) is 0 Å². The van der Waals surface area contributed by atoms with Crippen molar-refractivity contribution in [2.75, 3.05) is 11.9 Å². The number of carbonyl (C=O) groups excluding carboxylic acids is 1. The Bertz CT molecular complexity index is 676. The average Bonchev–Trinajstić information content (AvgIpc) is 2.56. The number of hydrogen-bond donors (Lipinski definition) is 1. The molecule has 0 saturated carbocycles. The van der Waals surface area contributed by atoms with Gasteiger partial charge in [0.25, 0.3) is 0 Å². The van der Waals surface area contributed by atoms with Gasteiger partial charge in [0, 0.05) is 5.69 Å². The van der Waals surface area contributed by atoms with Crippen LogP contribution in [0.2, 0.25) is 0 Å². The number of ether oxygens (including phenoxy) is 1. The van der Waals surface area contributed by atoms with E-state index in [2.05, 4.69) is 51.2 Å². The summed E-state index contributed by atoms with van der Waals surface area (Å²) in [6, 6.07) is 14.1. The first-order valence-electron chi connectivity index (χ1n) is 9.00. The Morgan fingerprint density at radius 1 is 0.960 bits per heavy atom. The summed E-state index contributed by atoms with van der Waals surface area (Å²) >= 11 is 0. The number of rotatable bonds is 7. The first-order valence-corrected chi connectivity index (χ1v) is 9.00. The molecule has 0 aromatic heterocycles. The van der Waals surface area contributed by atoms with Gasteiger partial charge < -0.3 is 10.1 Å². The summed E-state index contributed by atoms with van der Waals surface area (Å²) in [5.74, 6) is 1.50. The van der Waals surface area contributed by atoms with Crippen molar-refractivity contribution in [1.29, 1.82) is 0 Å². The van der Waals surface area contributed by atoms with Crippen molar-refractivity contribution in [2.24, 2.45) is 0 Å². The van der Waals surface area contributed by atoms with Crippen LogP contribution in [0.3, 0.4) is 0 Å². The molecule has 0 bridgehead atoms. The largest absolute Gasteiger partial charge is 0.493 e. The summed E-state index contributed by atoms with van der Waals surface area (Å²) < 4.78 is 5.66. The highest BCUT2D eigenvalue weighted by Gasteiger charge is 2.15. The van der Waals surface area contributed by atoms with Crippen LogP contribution in [0.15, 0.2) is 42.5 Å². The summed E-state index contributed by atoms with van der Waals surface area (Å²) in [5.41, 5.74) is 4.52. The lowest BCUT2D eigenvalue weighted by Gasteiger charge is -2.20. The maximum atomic E-state index is 12.4. The van der Waals surface area contributed by atoms with Crippen LogP contribution in [-0.2, 0) is 4.79 Å². The van der Waals surface area contributed by atoms with Gasteiger partial charge >= 0.3 is 0 Å². The van der Waals surface area contributed by atoms with E-state index in [1.807, 2.05) is 31.2 Å². The van der Waals surface area contributed by atoms with Gasteiger partial charge in [-0.15, -0.1) is 0 Å². The Morgan fingerprint density at radius 2 is 1.52 bits per heavy atom. The van der Waals surface area contributed by atoms with Gasteiger partial charge in [-0.1, -0.05) is 63.6 Å². The van der Waals surface area contributed by atoms with Crippen molar-refractivity contribution in [3.05, 3.63) is 59.2 Å². The van der Waals surface area contributed by atoms with Gasteiger partial charge in [0.1, 0.15) is 5.75 Å². The molecule has 3 heteroatoms. The smallest absolute Gasteiger partial charge is 0.227 e. The fraction of sp³-hybridized carbons (Fsp3) is 0.409. The number of para-hydroxylation sites is 1. The lowest BCUT2D eigenvalue weighted by molar-refractivity contribution is -0.116. The van der Waals surface area contributed by atoms with Crippen LogP contribution in [0.5, 0.6) is 5.75 Å². The van der Waals surface area contributed by atoms with Crippen LogP contribution in [0.25, 0.3) is 0 Å². The molecule has 0 fully saturated rings. The topological polar surface area (TPSA) is 38.3 Å². The summed E-state index contributed by atoms with van der Waals surface area (Å²) in [7, 11) is 0. The molecule has 0 atom stereocenters. The van der Waals surface area contributed by atoms with Gasteiger partial charge in [-0.25, -0.2) is 0 Å². The van der Waals surface area contributed by atoms with Crippen LogP contribution in [-0.4, -0.2) is 12.5 Å². The summed E-state index contributed by atoms with van der Waals surface area (Å²) in [6.07, 6.45) is 0.331. The van der Waals surface area contributed by atoms with E-state index in [1.165, 1.54) is 16.7 Å². The zero-order chi connectivity index (χ0) is 18.4. The number of anilines is 1. The molecule has 0 spiro atoms. The molecule has 3 nitrogen and oxygen atoms in total. The lowest BCUT2D eigenvalue weighted by atomic mass is 9.92. The van der Waals surface area contributed by atoms with Crippen LogP contribution in [0.1, 0.15) is 62.6 Å². The third kappa shape index (κ3) is 5.35. The summed E-state index contributed by atoms with van der Waals surface area (Å²) in [5, 5.41) is 3.12. The Balaban J connectivity index is 2.01. The molecule has 2 aromatic rings. The maximum Gasteiger partial charge on any atom is 0.227 e. The van der Waals surface area contributed by atoms with E-state index < -0.39 is 0 Å². The van der Waals surface area contributed by atoms with E-state index in [0.717, 1.165) is 11.4 Å². The van der Waals surface area contributed by atoms with Gasteiger partial charge in [-0.3, -0.25) is 4.79 Å². The lowest BCUT2D eigenvalue weighted by Crippen LogP contribution is -2.18.